The highest BCUT2D eigenvalue weighted by molar-refractivity contribution is 5.42. The minimum absolute atomic E-state index is 0.0994. The molecule has 0 unspecified atom stereocenters. The topological polar surface area (TPSA) is 15.3 Å². The molecule has 0 aliphatic rings. The van der Waals surface area contributed by atoms with E-state index in [1.54, 1.807) is 11.9 Å². The second-order valence-electron chi connectivity index (χ2n) is 6.25. The molecule has 7 heteroatoms. The van der Waals surface area contributed by atoms with E-state index in [1.807, 2.05) is 6.92 Å². The van der Waals surface area contributed by atoms with Crippen LogP contribution in [0, 0.1) is 11.6 Å². The summed E-state index contributed by atoms with van der Waals surface area (Å²) in [6.45, 7) is 10.3. The Morgan fingerprint density at radius 3 is 2.18 bits per heavy atom. The van der Waals surface area contributed by atoms with Crippen LogP contribution in [-0.2, 0) is 6.18 Å². The van der Waals surface area contributed by atoms with Crippen molar-refractivity contribution in [2.75, 3.05) is 13.6 Å². The maximum absolute atomic E-state index is 14.5. The van der Waals surface area contributed by atoms with Gasteiger partial charge in [0.15, 0.2) is 0 Å². The van der Waals surface area contributed by atoms with Crippen molar-refractivity contribution in [3.63, 3.8) is 0 Å². The second-order valence-corrected chi connectivity index (χ2v) is 6.25. The largest absolute Gasteiger partial charge is 0.416 e. The van der Waals surface area contributed by atoms with Crippen molar-refractivity contribution in [1.82, 2.24) is 10.2 Å². The van der Waals surface area contributed by atoms with E-state index >= 15 is 0 Å². The maximum Gasteiger partial charge on any atom is 0.416 e. The number of nitrogens with zero attached hydrogens (tertiary/aromatic N) is 1. The van der Waals surface area contributed by atoms with Crippen LogP contribution in [0.2, 0.25) is 0 Å². The molecule has 0 aliphatic heterocycles. The molecule has 2 aromatic carbocycles. The third-order valence-corrected chi connectivity index (χ3v) is 4.39. The standard InChI is InChI=1S/C21H21F5N2/c1-5-27-14(3)28(4)13(2)20(18-11-10-17(22)12-19(18)23)15-6-8-16(9-7-15)21(24,25)26/h6-12,20,27H,2-3,5H2,1,4H3/t20-/m1/s1. The number of rotatable bonds is 7. The van der Waals surface area contributed by atoms with Crippen LogP contribution in [0.4, 0.5) is 22.0 Å². The maximum atomic E-state index is 14.5. The van der Waals surface area contributed by atoms with Gasteiger partial charge < -0.3 is 10.2 Å². The predicted molar refractivity (Wildman–Crippen MR) is 99.4 cm³/mol. The number of hydrogen-bond acceptors (Lipinski definition) is 2. The Balaban J connectivity index is 2.53. The first-order valence-electron chi connectivity index (χ1n) is 8.53. The van der Waals surface area contributed by atoms with Gasteiger partial charge >= 0.3 is 6.18 Å². The zero-order chi connectivity index (χ0) is 21.1. The van der Waals surface area contributed by atoms with E-state index in [4.69, 9.17) is 0 Å². The van der Waals surface area contributed by atoms with Crippen LogP contribution in [0.1, 0.15) is 29.5 Å². The first-order chi connectivity index (χ1) is 13.1. The van der Waals surface area contributed by atoms with Crippen molar-refractivity contribution >= 4 is 0 Å². The molecule has 0 aliphatic carbocycles. The van der Waals surface area contributed by atoms with E-state index in [0.29, 0.717) is 23.6 Å². The lowest BCUT2D eigenvalue weighted by molar-refractivity contribution is -0.137. The van der Waals surface area contributed by atoms with Gasteiger partial charge in [0.25, 0.3) is 0 Å². The van der Waals surface area contributed by atoms with Crippen LogP contribution < -0.4 is 5.32 Å². The summed E-state index contributed by atoms with van der Waals surface area (Å²) >= 11 is 0. The van der Waals surface area contributed by atoms with Gasteiger partial charge in [-0.2, -0.15) is 13.2 Å². The predicted octanol–water partition coefficient (Wildman–Crippen LogP) is 5.64. The Morgan fingerprint density at radius 2 is 1.68 bits per heavy atom. The summed E-state index contributed by atoms with van der Waals surface area (Å²) in [5, 5.41) is 3.00. The molecule has 0 spiro atoms. The normalized spacial score (nSPS) is 12.4. The van der Waals surface area contributed by atoms with Crippen LogP contribution in [0.15, 0.2) is 67.1 Å². The highest BCUT2D eigenvalue weighted by Gasteiger charge is 2.31. The summed E-state index contributed by atoms with van der Waals surface area (Å²) in [6, 6.07) is 7.49. The smallest absolute Gasteiger partial charge is 0.372 e. The van der Waals surface area contributed by atoms with Crippen molar-refractivity contribution in [3.8, 4) is 0 Å². The summed E-state index contributed by atoms with van der Waals surface area (Å²) in [5.74, 6) is -1.90. The Bertz CT molecular complexity index is 856. The van der Waals surface area contributed by atoms with Crippen molar-refractivity contribution < 1.29 is 22.0 Å². The lowest BCUT2D eigenvalue weighted by atomic mass is 9.87. The molecule has 0 saturated carbocycles. The Morgan fingerprint density at radius 1 is 1.07 bits per heavy atom. The van der Waals surface area contributed by atoms with E-state index in [0.717, 1.165) is 24.3 Å². The van der Waals surface area contributed by atoms with Crippen molar-refractivity contribution in [2.45, 2.75) is 19.0 Å². The molecule has 2 rings (SSSR count). The SMILES string of the molecule is C=C(NCC)N(C)C(=C)[C@H](c1ccc(C(F)(F)F)cc1)c1ccc(F)cc1F. The first-order valence-corrected chi connectivity index (χ1v) is 8.53. The Hall–Kier alpha value is -2.83. The van der Waals surface area contributed by atoms with Crippen LogP contribution >= 0.6 is 0 Å². The molecule has 0 aromatic heterocycles. The fourth-order valence-electron chi connectivity index (χ4n) is 2.84. The number of hydrogen-bond donors (Lipinski definition) is 1. The fraction of sp³-hybridized carbons (Fsp3) is 0.238. The number of nitrogens with one attached hydrogen (secondary N) is 1. The van der Waals surface area contributed by atoms with E-state index in [9.17, 15) is 22.0 Å². The Labute approximate surface area is 161 Å². The number of allylic oxidation sites excluding steroid dienone is 1. The van der Waals surface area contributed by atoms with E-state index in [2.05, 4.69) is 18.5 Å². The van der Waals surface area contributed by atoms with E-state index in [1.165, 1.54) is 18.2 Å². The third-order valence-electron chi connectivity index (χ3n) is 4.39. The molecule has 2 nitrogen and oxygen atoms in total. The van der Waals surface area contributed by atoms with E-state index < -0.39 is 29.3 Å². The van der Waals surface area contributed by atoms with Gasteiger partial charge in [-0.1, -0.05) is 31.4 Å². The third kappa shape index (κ3) is 4.71. The molecule has 150 valence electrons. The zero-order valence-corrected chi connectivity index (χ0v) is 15.6. The van der Waals surface area contributed by atoms with Crippen LogP contribution in [0.3, 0.4) is 0 Å². The molecule has 0 radical (unpaired) electrons. The summed E-state index contributed by atoms with van der Waals surface area (Å²) < 4.78 is 66.5. The fourth-order valence-corrected chi connectivity index (χ4v) is 2.84. The highest BCUT2D eigenvalue weighted by atomic mass is 19.4. The quantitative estimate of drug-likeness (QED) is 0.609. The van der Waals surface area contributed by atoms with Crippen molar-refractivity contribution in [2.24, 2.45) is 0 Å². The summed E-state index contributed by atoms with van der Waals surface area (Å²) in [5.41, 5.74) is 0.0452. The molecule has 0 fully saturated rings. The van der Waals surface area contributed by atoms with Gasteiger partial charge in [-0.05, 0) is 30.7 Å². The molecule has 0 bridgehead atoms. The average Bonchev–Trinajstić information content (AvgIpc) is 2.62. The molecule has 28 heavy (non-hydrogen) atoms. The molecule has 2 aromatic rings. The molecule has 0 heterocycles. The van der Waals surface area contributed by atoms with E-state index in [-0.39, 0.29) is 5.56 Å². The summed E-state index contributed by atoms with van der Waals surface area (Å²) in [6.07, 6.45) is -4.48. The van der Waals surface area contributed by atoms with Crippen LogP contribution in [0.25, 0.3) is 0 Å². The molecule has 1 atom stereocenters. The summed E-state index contributed by atoms with van der Waals surface area (Å²) in [4.78, 5) is 1.59. The molecule has 1 N–H and O–H groups in total. The van der Waals surface area contributed by atoms with Gasteiger partial charge in [-0.3, -0.25) is 0 Å². The van der Waals surface area contributed by atoms with Gasteiger partial charge in [0.1, 0.15) is 11.6 Å². The molecular weight excluding hydrogens is 375 g/mol. The Kier molecular flexibility index (Phi) is 6.48. The van der Waals surface area contributed by atoms with Crippen molar-refractivity contribution in [3.05, 3.63) is 95.5 Å². The molecule has 0 amide bonds. The minimum atomic E-state index is -4.48. The number of halogens is 5. The highest BCUT2D eigenvalue weighted by Crippen LogP contribution is 2.37. The second kappa shape index (κ2) is 8.46. The van der Waals surface area contributed by atoms with Gasteiger partial charge in [-0.25, -0.2) is 8.78 Å². The number of likely N-dealkylation sites (N-methyl/N-ethyl adjacent to an activating group) is 1. The van der Waals surface area contributed by atoms with Gasteiger partial charge in [0, 0.05) is 30.9 Å². The molecular formula is C21H21F5N2. The van der Waals surface area contributed by atoms with Gasteiger partial charge in [0.05, 0.1) is 17.3 Å². The first kappa shape index (κ1) is 21.5. The number of alkyl halides is 3. The average molecular weight is 396 g/mol. The zero-order valence-electron chi connectivity index (χ0n) is 15.6. The van der Waals surface area contributed by atoms with Gasteiger partial charge in [0.2, 0.25) is 0 Å². The molecule has 0 saturated heterocycles. The van der Waals surface area contributed by atoms with Crippen molar-refractivity contribution in [1.29, 1.82) is 0 Å². The lowest BCUT2D eigenvalue weighted by Crippen LogP contribution is -2.29. The number of benzene rings is 2. The van der Waals surface area contributed by atoms with Crippen LogP contribution in [-0.4, -0.2) is 18.5 Å². The van der Waals surface area contributed by atoms with Crippen LogP contribution in [0.5, 0.6) is 0 Å². The minimum Gasteiger partial charge on any atom is -0.372 e. The van der Waals surface area contributed by atoms with Gasteiger partial charge in [-0.15, -0.1) is 0 Å². The monoisotopic (exact) mass is 396 g/mol. The lowest BCUT2D eigenvalue weighted by Gasteiger charge is -2.31. The summed E-state index contributed by atoms with van der Waals surface area (Å²) in [7, 11) is 1.66.